The van der Waals surface area contributed by atoms with Gasteiger partial charge in [-0.2, -0.15) is 5.10 Å². The third kappa shape index (κ3) is 4.41. The minimum absolute atomic E-state index is 0.0440. The number of aromatic nitrogens is 2. The third-order valence-electron chi connectivity index (χ3n) is 4.44. The first-order valence-corrected chi connectivity index (χ1v) is 8.52. The first-order chi connectivity index (χ1) is 12.2. The lowest BCUT2D eigenvalue weighted by molar-refractivity contribution is -0.116. The lowest BCUT2D eigenvalue weighted by atomic mass is 10.2. The van der Waals surface area contributed by atoms with Gasteiger partial charge in [-0.3, -0.25) is 9.48 Å². The number of hydrogen-bond acceptors (Lipinski definition) is 4. The fourth-order valence-electron chi connectivity index (χ4n) is 3.06. The highest BCUT2D eigenvalue weighted by molar-refractivity contribution is 5.91. The van der Waals surface area contributed by atoms with Crippen LogP contribution in [0.5, 0.6) is 11.5 Å². The predicted molar refractivity (Wildman–Crippen MR) is 95.3 cm³/mol. The van der Waals surface area contributed by atoms with Crippen LogP contribution in [0.3, 0.4) is 0 Å². The van der Waals surface area contributed by atoms with Crippen LogP contribution >= 0.6 is 0 Å². The highest BCUT2D eigenvalue weighted by Gasteiger charge is 2.17. The van der Waals surface area contributed by atoms with E-state index in [9.17, 15) is 9.90 Å². The number of hydrogen-bond donors (Lipinski definition) is 2. The van der Waals surface area contributed by atoms with E-state index in [4.69, 9.17) is 4.74 Å². The maximum atomic E-state index is 11.9. The first kappa shape index (κ1) is 17.1. The number of benzene rings is 1. The van der Waals surface area contributed by atoms with Crippen molar-refractivity contribution in [2.75, 3.05) is 7.11 Å². The van der Waals surface area contributed by atoms with Gasteiger partial charge < -0.3 is 15.2 Å². The first-order valence-electron chi connectivity index (χ1n) is 8.52. The number of nitrogens with zero attached hydrogens (tertiary/aromatic N) is 2. The molecule has 6 nitrogen and oxygen atoms in total. The van der Waals surface area contributed by atoms with E-state index in [-0.39, 0.29) is 11.7 Å². The van der Waals surface area contributed by atoms with Crippen LogP contribution in [0.1, 0.15) is 43.0 Å². The molecule has 1 amide bonds. The zero-order chi connectivity index (χ0) is 17.6. The number of ether oxygens (including phenoxy) is 1. The predicted octanol–water partition coefficient (Wildman–Crippen LogP) is 3.04. The molecule has 1 aliphatic rings. The summed E-state index contributed by atoms with van der Waals surface area (Å²) in [5.41, 5.74) is 1.58. The van der Waals surface area contributed by atoms with E-state index >= 15 is 0 Å². The second-order valence-electron chi connectivity index (χ2n) is 6.21. The van der Waals surface area contributed by atoms with Crippen LogP contribution in [0.15, 0.2) is 36.5 Å². The highest BCUT2D eigenvalue weighted by Crippen LogP contribution is 2.28. The number of methoxy groups -OCH3 is 1. The van der Waals surface area contributed by atoms with Crippen molar-refractivity contribution in [2.45, 2.75) is 38.3 Å². The van der Waals surface area contributed by atoms with Crippen molar-refractivity contribution in [3.05, 3.63) is 47.8 Å². The molecule has 0 saturated heterocycles. The molecule has 0 unspecified atom stereocenters. The van der Waals surface area contributed by atoms with Gasteiger partial charge in [-0.15, -0.1) is 0 Å². The van der Waals surface area contributed by atoms with Crippen molar-refractivity contribution < 1.29 is 14.6 Å². The highest BCUT2D eigenvalue weighted by atomic mass is 16.5. The fourth-order valence-corrected chi connectivity index (χ4v) is 3.06. The Hall–Kier alpha value is -2.76. The molecule has 2 N–H and O–H groups in total. The van der Waals surface area contributed by atoms with Gasteiger partial charge in [0, 0.05) is 12.3 Å². The quantitative estimate of drug-likeness (QED) is 0.792. The summed E-state index contributed by atoms with van der Waals surface area (Å²) in [5, 5.41) is 17.1. The number of phenols is 1. The SMILES string of the molecule is COc1ccc(/C=C/C(=O)NCc2ccn(C3CCCC3)n2)cc1O. The minimum atomic E-state index is -0.203. The van der Waals surface area contributed by atoms with Gasteiger partial charge in [0.2, 0.25) is 5.91 Å². The van der Waals surface area contributed by atoms with E-state index in [0.717, 1.165) is 11.3 Å². The molecule has 0 aliphatic heterocycles. The smallest absolute Gasteiger partial charge is 0.244 e. The lowest BCUT2D eigenvalue weighted by Gasteiger charge is -2.08. The van der Waals surface area contributed by atoms with Gasteiger partial charge in [-0.1, -0.05) is 18.9 Å². The fraction of sp³-hybridized carbons (Fsp3) is 0.368. The minimum Gasteiger partial charge on any atom is -0.504 e. The summed E-state index contributed by atoms with van der Waals surface area (Å²) in [6.07, 6.45) is 9.98. The Morgan fingerprint density at radius 3 is 2.92 bits per heavy atom. The van der Waals surface area contributed by atoms with E-state index in [2.05, 4.69) is 10.4 Å². The second-order valence-corrected chi connectivity index (χ2v) is 6.21. The molecule has 1 heterocycles. The molecule has 0 bridgehead atoms. The van der Waals surface area contributed by atoms with E-state index < -0.39 is 0 Å². The third-order valence-corrected chi connectivity index (χ3v) is 4.44. The molecule has 1 saturated carbocycles. The summed E-state index contributed by atoms with van der Waals surface area (Å²) in [6, 6.07) is 7.43. The standard InChI is InChI=1S/C19H23N3O3/c1-25-18-8-6-14(12-17(18)23)7-9-19(24)20-13-15-10-11-22(21-15)16-4-2-3-5-16/h6-12,16,23H,2-5,13H2,1H3,(H,20,24)/b9-7+. The van der Waals surface area contributed by atoms with Crippen LogP contribution in [-0.4, -0.2) is 27.9 Å². The number of carbonyl (C=O) groups excluding carboxylic acids is 1. The molecule has 3 rings (SSSR count). The summed E-state index contributed by atoms with van der Waals surface area (Å²) < 4.78 is 7.01. The summed E-state index contributed by atoms with van der Waals surface area (Å²) >= 11 is 0. The molecule has 0 radical (unpaired) electrons. The molecule has 1 aromatic carbocycles. The van der Waals surface area contributed by atoms with E-state index in [1.807, 2.05) is 16.9 Å². The average Bonchev–Trinajstić information content (AvgIpc) is 3.29. The number of rotatable bonds is 6. The molecule has 1 aromatic heterocycles. The summed E-state index contributed by atoms with van der Waals surface area (Å²) in [4.78, 5) is 11.9. The number of aromatic hydroxyl groups is 1. The van der Waals surface area contributed by atoms with Gasteiger partial charge in [0.25, 0.3) is 0 Å². The molecule has 6 heteroatoms. The van der Waals surface area contributed by atoms with Crippen molar-refractivity contribution in [1.29, 1.82) is 0 Å². The van der Waals surface area contributed by atoms with Crippen molar-refractivity contribution >= 4 is 12.0 Å². The van der Waals surface area contributed by atoms with Crippen LogP contribution in [0, 0.1) is 0 Å². The molecule has 1 fully saturated rings. The van der Waals surface area contributed by atoms with Gasteiger partial charge in [0.05, 0.1) is 25.4 Å². The number of amides is 1. The monoisotopic (exact) mass is 341 g/mol. The Morgan fingerprint density at radius 2 is 2.20 bits per heavy atom. The van der Waals surface area contributed by atoms with Gasteiger partial charge in [-0.25, -0.2) is 0 Å². The van der Waals surface area contributed by atoms with Crippen LogP contribution in [-0.2, 0) is 11.3 Å². The van der Waals surface area contributed by atoms with Crippen LogP contribution in [0.4, 0.5) is 0 Å². The summed E-state index contributed by atoms with van der Waals surface area (Å²) in [6.45, 7) is 0.400. The van der Waals surface area contributed by atoms with E-state index in [1.54, 1.807) is 24.3 Å². The molecule has 0 spiro atoms. The molecule has 25 heavy (non-hydrogen) atoms. The zero-order valence-corrected chi connectivity index (χ0v) is 14.3. The Labute approximate surface area is 147 Å². The van der Waals surface area contributed by atoms with E-state index in [1.165, 1.54) is 38.9 Å². The normalized spacial score (nSPS) is 14.9. The number of phenolic OH excluding ortho intramolecular Hbond substituents is 1. The maximum absolute atomic E-state index is 11.9. The van der Waals surface area contributed by atoms with Crippen molar-refractivity contribution in [3.8, 4) is 11.5 Å². The zero-order valence-electron chi connectivity index (χ0n) is 14.3. The summed E-state index contributed by atoms with van der Waals surface area (Å²) in [5.74, 6) is 0.243. The Balaban J connectivity index is 1.51. The maximum Gasteiger partial charge on any atom is 0.244 e. The topological polar surface area (TPSA) is 76.4 Å². The number of nitrogens with one attached hydrogen (secondary N) is 1. The van der Waals surface area contributed by atoms with Crippen molar-refractivity contribution in [3.63, 3.8) is 0 Å². The molecule has 2 aromatic rings. The largest absolute Gasteiger partial charge is 0.504 e. The van der Waals surface area contributed by atoms with Crippen molar-refractivity contribution in [2.24, 2.45) is 0 Å². The molecular weight excluding hydrogens is 318 g/mol. The average molecular weight is 341 g/mol. The van der Waals surface area contributed by atoms with Crippen LogP contribution in [0.2, 0.25) is 0 Å². The lowest BCUT2D eigenvalue weighted by Crippen LogP contribution is -2.20. The molecule has 1 aliphatic carbocycles. The van der Waals surface area contributed by atoms with E-state index in [0.29, 0.717) is 18.3 Å². The second kappa shape index (κ2) is 7.88. The van der Waals surface area contributed by atoms with Gasteiger partial charge in [0.1, 0.15) is 0 Å². The molecular formula is C19H23N3O3. The Morgan fingerprint density at radius 1 is 1.40 bits per heavy atom. The Bertz CT molecular complexity index is 761. The van der Waals surface area contributed by atoms with Gasteiger partial charge >= 0.3 is 0 Å². The molecule has 132 valence electrons. The summed E-state index contributed by atoms with van der Waals surface area (Å²) in [7, 11) is 1.49. The van der Waals surface area contributed by atoms with Crippen LogP contribution < -0.4 is 10.1 Å². The van der Waals surface area contributed by atoms with Gasteiger partial charge in [-0.05, 0) is 42.7 Å². The van der Waals surface area contributed by atoms with Gasteiger partial charge in [0.15, 0.2) is 11.5 Å². The molecule has 0 atom stereocenters. The Kier molecular flexibility index (Phi) is 5.38. The van der Waals surface area contributed by atoms with Crippen molar-refractivity contribution in [1.82, 2.24) is 15.1 Å². The number of carbonyl (C=O) groups is 1. The van der Waals surface area contributed by atoms with Crippen LogP contribution in [0.25, 0.3) is 6.08 Å².